The molecule has 2 aliphatic heterocycles. The average Bonchev–Trinajstić information content (AvgIpc) is 3.24. The molecule has 0 unspecified atom stereocenters. The smallest absolute Gasteiger partial charge is 0.257 e. The molecule has 0 bridgehead atoms. The third-order valence-electron chi connectivity index (χ3n) is 12.2. The lowest BCUT2D eigenvalue weighted by atomic mass is 9.75. The Morgan fingerprint density at radius 3 is 2.08 bits per heavy atom. The van der Waals surface area contributed by atoms with E-state index in [1.807, 2.05) is 69.3 Å². The van der Waals surface area contributed by atoms with Crippen LogP contribution in [0.5, 0.6) is 0 Å². The van der Waals surface area contributed by atoms with Gasteiger partial charge >= 0.3 is 0 Å². The maximum absolute atomic E-state index is 14.4. The number of hydrogen-bond donors (Lipinski definition) is 3. The maximum Gasteiger partial charge on any atom is 0.257 e. The lowest BCUT2D eigenvalue weighted by Crippen LogP contribution is -2.61. The predicted molar refractivity (Wildman–Crippen MR) is 216 cm³/mol. The van der Waals surface area contributed by atoms with E-state index >= 15 is 0 Å². The van der Waals surface area contributed by atoms with Gasteiger partial charge in [-0.05, 0) is 80.2 Å². The molecule has 320 valence electrons. The summed E-state index contributed by atoms with van der Waals surface area (Å²) in [6.07, 6.45) is 4.80. The molecule has 60 heavy (non-hydrogen) atoms. The number of amides is 2. The highest BCUT2D eigenvalue weighted by molar-refractivity contribution is 5.95. The number of carbonyl (C=O) groups is 2. The van der Waals surface area contributed by atoms with Crippen LogP contribution in [0, 0.1) is 40.9 Å². The van der Waals surface area contributed by atoms with Crippen LogP contribution in [0.15, 0.2) is 72.8 Å². The van der Waals surface area contributed by atoms with E-state index in [-0.39, 0.29) is 54.8 Å². The maximum atomic E-state index is 14.4. The molecule has 0 spiro atoms. The first-order valence-electron chi connectivity index (χ1n) is 20.7. The molecule has 2 heterocycles. The zero-order valence-electron chi connectivity index (χ0n) is 34.3. The van der Waals surface area contributed by atoms with Crippen molar-refractivity contribution >= 4 is 11.8 Å². The minimum Gasteiger partial charge on any atom is -0.392 e. The Morgan fingerprint density at radius 1 is 0.783 bits per heavy atom. The van der Waals surface area contributed by atoms with Crippen LogP contribution in [0.2, 0.25) is 0 Å². The minimum absolute atomic E-state index is 0.0342. The van der Waals surface area contributed by atoms with E-state index in [9.17, 15) is 36.6 Å². The van der Waals surface area contributed by atoms with Gasteiger partial charge in [0, 0.05) is 36.2 Å². The molecule has 0 radical (unpaired) electrons. The summed E-state index contributed by atoms with van der Waals surface area (Å²) in [4.78, 5) is 29.1. The molecule has 7 atom stereocenters. The number of piperidine rings is 1. The van der Waals surface area contributed by atoms with E-state index in [4.69, 9.17) is 9.47 Å². The highest BCUT2D eigenvalue weighted by atomic mass is 19.2. The zero-order valence-corrected chi connectivity index (χ0v) is 34.3. The molecule has 3 fully saturated rings. The number of rotatable bonds is 10. The third kappa shape index (κ3) is 9.14. The van der Waals surface area contributed by atoms with Crippen LogP contribution in [0.3, 0.4) is 0 Å². The molecule has 3 aliphatic rings. The van der Waals surface area contributed by atoms with Crippen LogP contribution in [0.25, 0.3) is 11.1 Å². The summed E-state index contributed by atoms with van der Waals surface area (Å²) in [7, 11) is 0. The largest absolute Gasteiger partial charge is 0.392 e. The Labute approximate surface area is 347 Å². The Kier molecular flexibility index (Phi) is 13.1. The number of aliphatic hydroxyl groups is 1. The van der Waals surface area contributed by atoms with Crippen molar-refractivity contribution in [3.05, 3.63) is 130 Å². The summed E-state index contributed by atoms with van der Waals surface area (Å²) in [5.74, 6) is -12.2. The van der Waals surface area contributed by atoms with Gasteiger partial charge in [0.1, 0.15) is 5.56 Å². The zero-order chi connectivity index (χ0) is 42.9. The van der Waals surface area contributed by atoms with Crippen LogP contribution in [0.4, 0.5) is 22.0 Å². The standard InChI is InChI=1S/C47H52F5N3O5/c1-26-36(24-55-34-12-8-6-9-29(34)21-22-35(55)44(57)54-47(2,3)4)59-46(60-43(26)30-15-13-27(25-56)14-16-30)31-19-17-28(18-20-31)33-11-7-5-10-32(33)23-53-45(58)37-38(48)40(50)42(52)41(51)39(37)49/h5,7,10-11,13-20,26,29,34-36,43,46,56H,6,8-9,12,21-25H2,1-4H3,(H,53,58)(H,54,57)/t26-,29+,34+,35+,36+,43+,46+/m0/s1. The molecule has 4 aromatic carbocycles. The van der Waals surface area contributed by atoms with Gasteiger partial charge in [0.15, 0.2) is 29.6 Å². The third-order valence-corrected chi connectivity index (χ3v) is 12.2. The number of carbonyl (C=O) groups excluding carboxylic acids is 2. The van der Waals surface area contributed by atoms with Crippen LogP contribution in [-0.4, -0.2) is 52.1 Å². The topological polar surface area (TPSA) is 100 Å². The van der Waals surface area contributed by atoms with Gasteiger partial charge in [0.25, 0.3) is 5.91 Å². The minimum atomic E-state index is -2.34. The van der Waals surface area contributed by atoms with Gasteiger partial charge in [-0.2, -0.15) is 0 Å². The normalized spacial score (nSPS) is 24.7. The van der Waals surface area contributed by atoms with E-state index in [0.29, 0.717) is 23.6 Å². The Morgan fingerprint density at radius 2 is 1.42 bits per heavy atom. The molecule has 1 saturated carbocycles. The van der Waals surface area contributed by atoms with Crippen molar-refractivity contribution in [1.82, 2.24) is 15.5 Å². The first-order chi connectivity index (χ1) is 28.6. The molecule has 1 aliphatic carbocycles. The number of aliphatic hydroxyl groups excluding tert-OH is 1. The van der Waals surface area contributed by atoms with Crippen LogP contribution in [0.1, 0.15) is 111 Å². The lowest BCUT2D eigenvalue weighted by molar-refractivity contribution is -0.278. The van der Waals surface area contributed by atoms with Gasteiger partial charge in [-0.1, -0.05) is 92.6 Å². The fourth-order valence-corrected chi connectivity index (χ4v) is 9.11. The Bertz CT molecular complexity index is 2150. The molecule has 2 saturated heterocycles. The van der Waals surface area contributed by atoms with Crippen molar-refractivity contribution in [1.29, 1.82) is 0 Å². The highest BCUT2D eigenvalue weighted by Crippen LogP contribution is 2.45. The van der Waals surface area contributed by atoms with Crippen molar-refractivity contribution in [2.24, 2.45) is 11.8 Å². The molecular formula is C47H52F5N3O5. The molecule has 7 rings (SSSR count). The molecule has 8 nitrogen and oxygen atoms in total. The Balaban J connectivity index is 1.15. The summed E-state index contributed by atoms with van der Waals surface area (Å²) in [5, 5.41) is 15.3. The van der Waals surface area contributed by atoms with Crippen LogP contribution in [-0.2, 0) is 27.4 Å². The van der Waals surface area contributed by atoms with Crippen LogP contribution >= 0.6 is 0 Å². The number of likely N-dealkylation sites (tertiary alicyclic amines) is 1. The first-order valence-corrected chi connectivity index (χ1v) is 20.7. The number of halogens is 5. The van der Waals surface area contributed by atoms with Gasteiger partial charge in [-0.15, -0.1) is 0 Å². The lowest BCUT2D eigenvalue weighted by Gasteiger charge is -2.51. The number of ether oxygens (including phenoxy) is 2. The number of fused-ring (bicyclic) bond motifs is 1. The second kappa shape index (κ2) is 18.1. The first kappa shape index (κ1) is 43.4. The molecule has 13 heteroatoms. The quantitative estimate of drug-likeness (QED) is 0.0838. The SMILES string of the molecule is C[C@H]1[C@@H](CN2[C@@H](C(=O)NC(C)(C)C)CC[C@H]3CCCC[C@H]32)O[C@@H](c2ccc(-c3ccccc3CNC(=O)c3c(F)c(F)c(F)c(F)c3F)cc2)O[C@H]1c1ccc(CO)cc1. The summed E-state index contributed by atoms with van der Waals surface area (Å²) in [5.41, 5.74) is 2.43. The molecule has 3 N–H and O–H groups in total. The average molecular weight is 834 g/mol. The van der Waals surface area contributed by atoms with E-state index in [1.54, 1.807) is 24.3 Å². The second-order valence-electron chi connectivity index (χ2n) is 17.4. The number of nitrogens with one attached hydrogen (secondary N) is 2. The van der Waals surface area contributed by atoms with Crippen molar-refractivity contribution in [2.45, 2.75) is 115 Å². The molecule has 4 aromatic rings. The molecule has 0 aromatic heterocycles. The van der Waals surface area contributed by atoms with Crippen molar-refractivity contribution in [3.8, 4) is 11.1 Å². The number of hydrogen-bond acceptors (Lipinski definition) is 6. The van der Waals surface area contributed by atoms with E-state index in [0.717, 1.165) is 54.4 Å². The van der Waals surface area contributed by atoms with E-state index in [2.05, 4.69) is 22.5 Å². The fourth-order valence-electron chi connectivity index (χ4n) is 9.11. The van der Waals surface area contributed by atoms with Crippen molar-refractivity contribution < 1.29 is 46.1 Å². The molecular weight excluding hydrogens is 782 g/mol. The van der Waals surface area contributed by atoms with Gasteiger partial charge in [-0.3, -0.25) is 14.5 Å². The number of nitrogens with zero attached hydrogens (tertiary/aromatic N) is 1. The van der Waals surface area contributed by atoms with Gasteiger partial charge in [0.2, 0.25) is 11.7 Å². The highest BCUT2D eigenvalue weighted by Gasteiger charge is 2.46. The predicted octanol–water partition coefficient (Wildman–Crippen LogP) is 9.20. The second-order valence-corrected chi connectivity index (χ2v) is 17.4. The van der Waals surface area contributed by atoms with E-state index in [1.165, 1.54) is 6.42 Å². The van der Waals surface area contributed by atoms with Crippen molar-refractivity contribution in [2.75, 3.05) is 6.54 Å². The van der Waals surface area contributed by atoms with Crippen molar-refractivity contribution in [3.63, 3.8) is 0 Å². The summed E-state index contributed by atoms with van der Waals surface area (Å²) < 4.78 is 83.6. The van der Waals surface area contributed by atoms with Crippen LogP contribution < -0.4 is 10.6 Å². The summed E-state index contributed by atoms with van der Waals surface area (Å²) in [6.45, 7) is 8.29. The fraction of sp³-hybridized carbons (Fsp3) is 0.447. The molecule has 2 amide bonds. The Hall–Kier alpha value is -4.69. The monoisotopic (exact) mass is 833 g/mol. The van der Waals surface area contributed by atoms with E-state index < -0.39 is 46.8 Å². The van der Waals surface area contributed by atoms with Gasteiger partial charge in [-0.25, -0.2) is 22.0 Å². The van der Waals surface area contributed by atoms with Gasteiger partial charge < -0.3 is 25.2 Å². The summed E-state index contributed by atoms with van der Waals surface area (Å²) >= 11 is 0. The number of benzene rings is 4. The summed E-state index contributed by atoms with van der Waals surface area (Å²) in [6, 6.07) is 22.1. The van der Waals surface area contributed by atoms with Gasteiger partial charge in [0.05, 0.1) is 24.9 Å².